The predicted molar refractivity (Wildman–Crippen MR) is 131 cm³/mol. The van der Waals surface area contributed by atoms with Crippen LogP contribution in [0, 0.1) is 13.8 Å². The number of carbonyl (C=O) groups is 1. The fourth-order valence-electron chi connectivity index (χ4n) is 4.23. The molecule has 0 unspecified atom stereocenters. The van der Waals surface area contributed by atoms with Gasteiger partial charge in [0.25, 0.3) is 5.91 Å². The molecule has 2 aromatic rings. The van der Waals surface area contributed by atoms with E-state index in [1.165, 1.54) is 10.4 Å². The minimum absolute atomic E-state index is 0.0907. The number of nitrogens with zero attached hydrogens (tertiary/aromatic N) is 3. The van der Waals surface area contributed by atoms with Crippen molar-refractivity contribution in [3.05, 3.63) is 52.5 Å². The number of amides is 1. The van der Waals surface area contributed by atoms with Gasteiger partial charge in [-0.05, 0) is 55.3 Å². The molecule has 2 aliphatic rings. The van der Waals surface area contributed by atoms with Crippen LogP contribution in [0.1, 0.15) is 11.1 Å². The van der Waals surface area contributed by atoms with E-state index in [2.05, 4.69) is 11.8 Å². The summed E-state index contributed by atoms with van der Waals surface area (Å²) in [6, 6.07) is 10.6. The Morgan fingerprint density at radius 3 is 2.35 bits per heavy atom. The zero-order valence-corrected chi connectivity index (χ0v) is 21.1. The number of aryl methyl sites for hydroxylation is 2. The minimum Gasteiger partial charge on any atom is -0.483 e. The van der Waals surface area contributed by atoms with Crippen LogP contribution in [-0.2, 0) is 19.6 Å². The highest BCUT2D eigenvalue weighted by Crippen LogP contribution is 2.26. The van der Waals surface area contributed by atoms with Crippen LogP contribution >= 0.6 is 11.6 Å². The Morgan fingerprint density at radius 1 is 0.971 bits per heavy atom. The van der Waals surface area contributed by atoms with Crippen LogP contribution in [0.3, 0.4) is 0 Å². The molecule has 34 heavy (non-hydrogen) atoms. The van der Waals surface area contributed by atoms with Crippen LogP contribution in [0.4, 0.5) is 5.69 Å². The fraction of sp³-hybridized carbons (Fsp3) is 0.458. The highest BCUT2D eigenvalue weighted by atomic mass is 35.5. The number of morpholine rings is 1. The molecule has 2 aliphatic heterocycles. The molecular weight excluding hydrogens is 478 g/mol. The Bertz CT molecular complexity index is 1140. The molecule has 0 aliphatic carbocycles. The Kier molecular flexibility index (Phi) is 7.67. The van der Waals surface area contributed by atoms with Crippen LogP contribution in [0.25, 0.3) is 0 Å². The molecule has 0 aromatic heterocycles. The second-order valence-electron chi connectivity index (χ2n) is 8.53. The molecule has 0 spiro atoms. The number of hydrogen-bond acceptors (Lipinski definition) is 6. The number of halogens is 1. The molecule has 0 N–H and O–H groups in total. The molecule has 0 saturated carbocycles. The van der Waals surface area contributed by atoms with Gasteiger partial charge in [-0.3, -0.25) is 4.79 Å². The van der Waals surface area contributed by atoms with E-state index in [4.69, 9.17) is 21.1 Å². The monoisotopic (exact) mass is 507 g/mol. The topological polar surface area (TPSA) is 79.4 Å². The summed E-state index contributed by atoms with van der Waals surface area (Å²) in [4.78, 5) is 17.0. The zero-order valence-electron chi connectivity index (χ0n) is 19.5. The van der Waals surface area contributed by atoms with Gasteiger partial charge in [0.05, 0.1) is 18.1 Å². The summed E-state index contributed by atoms with van der Waals surface area (Å²) in [5, 5.41) is 0.701. The largest absolute Gasteiger partial charge is 0.483 e. The quantitative estimate of drug-likeness (QED) is 0.598. The van der Waals surface area contributed by atoms with Gasteiger partial charge >= 0.3 is 0 Å². The van der Waals surface area contributed by atoms with Gasteiger partial charge in [-0.1, -0.05) is 17.7 Å². The number of sulfonamides is 1. The highest BCUT2D eigenvalue weighted by Gasteiger charge is 2.27. The number of piperazine rings is 1. The van der Waals surface area contributed by atoms with E-state index in [0.717, 1.165) is 24.3 Å². The molecule has 0 atom stereocenters. The molecule has 2 aromatic carbocycles. The van der Waals surface area contributed by atoms with Crippen molar-refractivity contribution in [2.24, 2.45) is 0 Å². The fourth-order valence-corrected chi connectivity index (χ4v) is 5.89. The van der Waals surface area contributed by atoms with Gasteiger partial charge in [0.2, 0.25) is 10.0 Å². The lowest BCUT2D eigenvalue weighted by Crippen LogP contribution is -2.50. The van der Waals surface area contributed by atoms with Crippen molar-refractivity contribution in [3.8, 4) is 5.75 Å². The Labute approximate surface area is 206 Å². The van der Waals surface area contributed by atoms with Crippen molar-refractivity contribution in [2.45, 2.75) is 18.7 Å². The van der Waals surface area contributed by atoms with E-state index in [9.17, 15) is 13.2 Å². The summed E-state index contributed by atoms with van der Waals surface area (Å²) in [6.45, 7) is 7.88. The predicted octanol–water partition coefficient (Wildman–Crippen LogP) is 2.71. The molecule has 8 nitrogen and oxygen atoms in total. The Morgan fingerprint density at radius 2 is 1.68 bits per heavy atom. The molecule has 10 heteroatoms. The van der Waals surface area contributed by atoms with Gasteiger partial charge in [0.15, 0.2) is 6.61 Å². The summed E-state index contributed by atoms with van der Waals surface area (Å²) in [6.07, 6.45) is 0. The van der Waals surface area contributed by atoms with Crippen LogP contribution in [0.5, 0.6) is 5.75 Å². The highest BCUT2D eigenvalue weighted by molar-refractivity contribution is 7.89. The Balaban J connectivity index is 1.32. The molecule has 2 fully saturated rings. The van der Waals surface area contributed by atoms with E-state index in [1.807, 2.05) is 18.2 Å². The molecular formula is C24H30ClN3O5S. The second kappa shape index (κ2) is 10.5. The number of carbonyl (C=O) groups excluding carboxylic acids is 1. The molecule has 0 radical (unpaired) electrons. The number of ether oxygens (including phenoxy) is 2. The lowest BCUT2D eigenvalue weighted by molar-refractivity contribution is -0.133. The molecule has 2 saturated heterocycles. The van der Waals surface area contributed by atoms with Crippen molar-refractivity contribution in [2.75, 3.05) is 64.0 Å². The van der Waals surface area contributed by atoms with Crippen LogP contribution in [0.15, 0.2) is 41.3 Å². The lowest BCUT2D eigenvalue weighted by Gasteiger charge is -2.36. The first-order valence-corrected chi connectivity index (χ1v) is 13.2. The molecule has 184 valence electrons. The summed E-state index contributed by atoms with van der Waals surface area (Å²) < 4.78 is 38.1. The standard InChI is InChI=1S/C24H30ClN3O5S/c1-18-3-4-20(25)16-22(18)26-7-9-27(10-8-26)24(29)17-33-23-6-5-21(15-19(23)2)34(30,31)28-11-13-32-14-12-28/h3-6,15-16H,7-14,17H2,1-2H3. The third-order valence-electron chi connectivity index (χ3n) is 6.25. The average Bonchev–Trinajstić information content (AvgIpc) is 2.85. The number of benzene rings is 2. The van der Waals surface area contributed by atoms with Gasteiger partial charge in [0.1, 0.15) is 5.75 Å². The van der Waals surface area contributed by atoms with Crippen molar-refractivity contribution in [3.63, 3.8) is 0 Å². The normalized spacial score (nSPS) is 17.6. The summed E-state index contributed by atoms with van der Waals surface area (Å²) in [5.41, 5.74) is 2.92. The zero-order chi connectivity index (χ0) is 24.3. The molecule has 4 rings (SSSR count). The van der Waals surface area contributed by atoms with Gasteiger partial charge in [-0.15, -0.1) is 0 Å². The third-order valence-corrected chi connectivity index (χ3v) is 8.38. The smallest absolute Gasteiger partial charge is 0.260 e. The van der Waals surface area contributed by atoms with Gasteiger partial charge in [-0.25, -0.2) is 8.42 Å². The minimum atomic E-state index is -3.57. The number of hydrogen-bond donors (Lipinski definition) is 0. The number of rotatable bonds is 6. The lowest BCUT2D eigenvalue weighted by atomic mass is 10.1. The first-order valence-electron chi connectivity index (χ1n) is 11.4. The maximum absolute atomic E-state index is 12.8. The van der Waals surface area contributed by atoms with Crippen molar-refractivity contribution < 1.29 is 22.7 Å². The van der Waals surface area contributed by atoms with Crippen molar-refractivity contribution in [1.82, 2.24) is 9.21 Å². The van der Waals surface area contributed by atoms with Crippen molar-refractivity contribution in [1.29, 1.82) is 0 Å². The third kappa shape index (κ3) is 5.49. The average molecular weight is 508 g/mol. The summed E-state index contributed by atoms with van der Waals surface area (Å²) in [5.74, 6) is 0.411. The second-order valence-corrected chi connectivity index (χ2v) is 10.9. The molecule has 1 amide bonds. The first-order chi connectivity index (χ1) is 16.3. The van der Waals surface area contributed by atoms with Gasteiger partial charge < -0.3 is 19.3 Å². The van der Waals surface area contributed by atoms with Gasteiger partial charge in [0, 0.05) is 50.0 Å². The summed E-state index contributed by atoms with van der Waals surface area (Å²) >= 11 is 6.15. The van der Waals surface area contributed by atoms with Gasteiger partial charge in [-0.2, -0.15) is 4.31 Å². The van der Waals surface area contributed by atoms with Crippen LogP contribution in [0.2, 0.25) is 5.02 Å². The van der Waals surface area contributed by atoms with Crippen molar-refractivity contribution >= 4 is 33.2 Å². The maximum atomic E-state index is 12.8. The summed E-state index contributed by atoms with van der Waals surface area (Å²) in [7, 11) is -3.57. The first kappa shape index (κ1) is 24.8. The van der Waals surface area contributed by atoms with Crippen LogP contribution < -0.4 is 9.64 Å². The van der Waals surface area contributed by atoms with E-state index in [0.29, 0.717) is 55.7 Å². The van der Waals surface area contributed by atoms with E-state index < -0.39 is 10.0 Å². The SMILES string of the molecule is Cc1cc(S(=O)(=O)N2CCOCC2)ccc1OCC(=O)N1CCN(c2cc(Cl)ccc2C)CC1. The van der Waals surface area contributed by atoms with E-state index in [1.54, 1.807) is 24.0 Å². The van der Waals surface area contributed by atoms with E-state index in [-0.39, 0.29) is 17.4 Å². The molecule has 2 heterocycles. The Hall–Kier alpha value is -2.33. The van der Waals surface area contributed by atoms with Crippen LogP contribution in [-0.4, -0.2) is 82.6 Å². The maximum Gasteiger partial charge on any atom is 0.260 e. The number of anilines is 1. The van der Waals surface area contributed by atoms with E-state index >= 15 is 0 Å². The molecule has 0 bridgehead atoms.